The van der Waals surface area contributed by atoms with Gasteiger partial charge in [0.1, 0.15) is 17.3 Å². The zero-order valence-corrected chi connectivity index (χ0v) is 10.1. The molecular weight excluding hydrogens is 216 g/mol. The van der Waals surface area contributed by atoms with E-state index in [0.717, 1.165) is 22.6 Å². The first-order valence-electron chi connectivity index (χ1n) is 5.68. The molecule has 0 aliphatic carbocycles. The third-order valence-electron chi connectivity index (χ3n) is 2.56. The zero-order chi connectivity index (χ0) is 12.3. The summed E-state index contributed by atoms with van der Waals surface area (Å²) >= 11 is 0. The Labute approximate surface area is 101 Å². The molecule has 0 atom stereocenters. The van der Waals surface area contributed by atoms with Crippen LogP contribution >= 0.6 is 0 Å². The van der Waals surface area contributed by atoms with Crippen molar-refractivity contribution in [1.29, 1.82) is 0 Å². The highest BCUT2D eigenvalue weighted by Gasteiger charge is 2.08. The van der Waals surface area contributed by atoms with Crippen LogP contribution in [0.4, 0.5) is 0 Å². The molecule has 3 heteroatoms. The van der Waals surface area contributed by atoms with Gasteiger partial charge in [-0.2, -0.15) is 0 Å². The van der Waals surface area contributed by atoms with Crippen molar-refractivity contribution < 1.29 is 14.3 Å². The summed E-state index contributed by atoms with van der Waals surface area (Å²) in [5.41, 5.74) is 1.75. The molecule has 90 valence electrons. The van der Waals surface area contributed by atoms with Crippen molar-refractivity contribution in [3.63, 3.8) is 0 Å². The van der Waals surface area contributed by atoms with Crippen LogP contribution in [-0.4, -0.2) is 11.7 Å². The summed E-state index contributed by atoms with van der Waals surface area (Å²) < 4.78 is 11.1. The Morgan fingerprint density at radius 3 is 2.65 bits per heavy atom. The Kier molecular flexibility index (Phi) is 3.49. The molecule has 1 N–H and O–H groups in total. The lowest BCUT2D eigenvalue weighted by molar-refractivity contribution is 0.267. The number of aryl methyl sites for hydroxylation is 1. The highest BCUT2D eigenvalue weighted by molar-refractivity contribution is 5.61. The molecule has 0 aliphatic heterocycles. The Bertz CT molecular complexity index is 500. The molecule has 17 heavy (non-hydrogen) atoms. The van der Waals surface area contributed by atoms with E-state index in [9.17, 15) is 5.11 Å². The van der Waals surface area contributed by atoms with Crippen molar-refractivity contribution in [2.75, 3.05) is 6.61 Å². The van der Waals surface area contributed by atoms with E-state index in [1.807, 2.05) is 44.2 Å². The van der Waals surface area contributed by atoms with Crippen molar-refractivity contribution in [2.45, 2.75) is 20.5 Å². The van der Waals surface area contributed by atoms with Gasteiger partial charge in [0.2, 0.25) is 0 Å². The number of aliphatic hydroxyl groups excluding tert-OH is 1. The van der Waals surface area contributed by atoms with Crippen LogP contribution in [0.2, 0.25) is 0 Å². The van der Waals surface area contributed by atoms with E-state index in [1.165, 1.54) is 0 Å². The molecule has 2 aromatic rings. The SMILES string of the molecule is CCOc1cc(-c2ccc(C)o2)ccc1CO. The van der Waals surface area contributed by atoms with Gasteiger partial charge in [-0.3, -0.25) is 0 Å². The van der Waals surface area contributed by atoms with Crippen LogP contribution in [-0.2, 0) is 6.61 Å². The second kappa shape index (κ2) is 5.06. The Hall–Kier alpha value is -1.74. The van der Waals surface area contributed by atoms with E-state index in [-0.39, 0.29) is 6.61 Å². The van der Waals surface area contributed by atoms with E-state index in [2.05, 4.69) is 0 Å². The fourth-order valence-electron chi connectivity index (χ4n) is 1.72. The minimum Gasteiger partial charge on any atom is -0.493 e. The maximum Gasteiger partial charge on any atom is 0.134 e. The van der Waals surface area contributed by atoms with Gasteiger partial charge in [0.05, 0.1) is 13.2 Å². The number of ether oxygens (including phenoxy) is 1. The van der Waals surface area contributed by atoms with E-state index in [0.29, 0.717) is 12.4 Å². The fourth-order valence-corrected chi connectivity index (χ4v) is 1.72. The highest BCUT2D eigenvalue weighted by Crippen LogP contribution is 2.28. The summed E-state index contributed by atoms with van der Waals surface area (Å²) in [5.74, 6) is 2.40. The van der Waals surface area contributed by atoms with Crippen molar-refractivity contribution in [3.05, 3.63) is 41.7 Å². The number of rotatable bonds is 4. The van der Waals surface area contributed by atoms with Crippen molar-refractivity contribution >= 4 is 0 Å². The molecular formula is C14H16O3. The van der Waals surface area contributed by atoms with Gasteiger partial charge in [-0.05, 0) is 32.0 Å². The molecule has 0 radical (unpaired) electrons. The molecule has 0 saturated carbocycles. The summed E-state index contributed by atoms with van der Waals surface area (Å²) in [7, 11) is 0. The molecule has 0 amide bonds. The Morgan fingerprint density at radius 1 is 1.24 bits per heavy atom. The van der Waals surface area contributed by atoms with Crippen molar-refractivity contribution in [2.24, 2.45) is 0 Å². The second-order valence-corrected chi connectivity index (χ2v) is 3.82. The summed E-state index contributed by atoms with van der Waals surface area (Å²) in [4.78, 5) is 0. The van der Waals surface area contributed by atoms with Gasteiger partial charge in [0.25, 0.3) is 0 Å². The predicted molar refractivity (Wildman–Crippen MR) is 66.0 cm³/mol. The number of benzene rings is 1. The van der Waals surface area contributed by atoms with Gasteiger partial charge in [0.15, 0.2) is 0 Å². The fraction of sp³-hybridized carbons (Fsp3) is 0.286. The standard InChI is InChI=1S/C14H16O3/c1-3-16-14-8-11(5-6-12(14)9-15)13-7-4-10(2)17-13/h4-8,15H,3,9H2,1-2H3. The monoisotopic (exact) mass is 232 g/mol. The molecule has 0 saturated heterocycles. The summed E-state index contributed by atoms with van der Waals surface area (Å²) in [5, 5.41) is 9.21. The van der Waals surface area contributed by atoms with E-state index in [4.69, 9.17) is 9.15 Å². The molecule has 0 unspecified atom stereocenters. The topological polar surface area (TPSA) is 42.6 Å². The zero-order valence-electron chi connectivity index (χ0n) is 10.1. The lowest BCUT2D eigenvalue weighted by Crippen LogP contribution is -1.96. The van der Waals surface area contributed by atoms with Crippen LogP contribution < -0.4 is 4.74 Å². The summed E-state index contributed by atoms with van der Waals surface area (Å²) in [6.07, 6.45) is 0. The molecule has 0 bridgehead atoms. The molecule has 2 rings (SSSR count). The quantitative estimate of drug-likeness (QED) is 0.880. The number of hydrogen-bond acceptors (Lipinski definition) is 3. The van der Waals surface area contributed by atoms with Gasteiger partial charge in [-0.15, -0.1) is 0 Å². The molecule has 0 fully saturated rings. The van der Waals surface area contributed by atoms with Gasteiger partial charge >= 0.3 is 0 Å². The number of hydrogen-bond donors (Lipinski definition) is 1. The maximum absolute atomic E-state index is 9.21. The van der Waals surface area contributed by atoms with Gasteiger partial charge < -0.3 is 14.3 Å². The maximum atomic E-state index is 9.21. The van der Waals surface area contributed by atoms with Crippen LogP contribution in [0.1, 0.15) is 18.2 Å². The first-order valence-corrected chi connectivity index (χ1v) is 5.68. The molecule has 1 heterocycles. The molecule has 0 aliphatic rings. The van der Waals surface area contributed by atoms with Crippen molar-refractivity contribution in [3.8, 4) is 17.1 Å². The van der Waals surface area contributed by atoms with E-state index < -0.39 is 0 Å². The largest absolute Gasteiger partial charge is 0.493 e. The van der Waals surface area contributed by atoms with E-state index in [1.54, 1.807) is 0 Å². The Morgan fingerprint density at radius 2 is 2.06 bits per heavy atom. The molecule has 1 aromatic heterocycles. The highest BCUT2D eigenvalue weighted by atomic mass is 16.5. The lowest BCUT2D eigenvalue weighted by Gasteiger charge is -2.09. The minimum atomic E-state index is -0.0210. The normalized spacial score (nSPS) is 10.5. The van der Waals surface area contributed by atoms with Crippen LogP contribution in [0.3, 0.4) is 0 Å². The molecule has 0 spiro atoms. The molecule has 3 nitrogen and oxygen atoms in total. The summed E-state index contributed by atoms with van der Waals surface area (Å²) in [6, 6.07) is 9.53. The average molecular weight is 232 g/mol. The lowest BCUT2D eigenvalue weighted by atomic mass is 10.1. The first kappa shape index (κ1) is 11.7. The van der Waals surface area contributed by atoms with Crippen LogP contribution in [0, 0.1) is 6.92 Å². The van der Waals surface area contributed by atoms with Crippen LogP contribution in [0.15, 0.2) is 34.7 Å². The first-order chi connectivity index (χ1) is 8.24. The Balaban J connectivity index is 2.39. The van der Waals surface area contributed by atoms with Crippen LogP contribution in [0.25, 0.3) is 11.3 Å². The van der Waals surface area contributed by atoms with E-state index >= 15 is 0 Å². The molecule has 1 aromatic carbocycles. The predicted octanol–water partition coefficient (Wildman–Crippen LogP) is 3.15. The number of furan rings is 1. The average Bonchev–Trinajstić information content (AvgIpc) is 2.76. The van der Waals surface area contributed by atoms with Gasteiger partial charge in [-0.25, -0.2) is 0 Å². The van der Waals surface area contributed by atoms with Crippen molar-refractivity contribution in [1.82, 2.24) is 0 Å². The number of aliphatic hydroxyl groups is 1. The third-order valence-corrected chi connectivity index (χ3v) is 2.56. The third kappa shape index (κ3) is 2.50. The van der Waals surface area contributed by atoms with Gasteiger partial charge in [-0.1, -0.05) is 12.1 Å². The second-order valence-electron chi connectivity index (χ2n) is 3.82. The minimum absolute atomic E-state index is 0.0210. The van der Waals surface area contributed by atoms with Gasteiger partial charge in [0, 0.05) is 11.1 Å². The van der Waals surface area contributed by atoms with Crippen LogP contribution in [0.5, 0.6) is 5.75 Å². The smallest absolute Gasteiger partial charge is 0.134 e. The summed E-state index contributed by atoms with van der Waals surface area (Å²) in [6.45, 7) is 4.39.